The van der Waals surface area contributed by atoms with Crippen molar-refractivity contribution in [3.63, 3.8) is 0 Å². The van der Waals surface area contributed by atoms with E-state index in [4.69, 9.17) is 12.2 Å². The van der Waals surface area contributed by atoms with Crippen molar-refractivity contribution in [2.24, 2.45) is 0 Å². The van der Waals surface area contributed by atoms with Crippen LogP contribution in [0.25, 0.3) is 0 Å². The summed E-state index contributed by atoms with van der Waals surface area (Å²) in [5.74, 6) is 0. The number of aromatic nitrogens is 4. The van der Waals surface area contributed by atoms with Crippen molar-refractivity contribution in [1.82, 2.24) is 29.8 Å². The lowest BCUT2D eigenvalue weighted by atomic mass is 10.2. The SMILES string of the molecule is CCn1nc(C)c(CN(C)C(=S)NCCCn2nc(C)cc2C)c1C. The van der Waals surface area contributed by atoms with Gasteiger partial charge in [-0.25, -0.2) is 0 Å². The van der Waals surface area contributed by atoms with Crippen molar-refractivity contribution in [2.75, 3.05) is 13.6 Å². The molecule has 1 N–H and O–H groups in total. The Kier molecular flexibility index (Phi) is 6.58. The number of nitrogens with one attached hydrogen (secondary N) is 1. The van der Waals surface area contributed by atoms with E-state index >= 15 is 0 Å². The van der Waals surface area contributed by atoms with Crippen LogP contribution in [0, 0.1) is 27.7 Å². The van der Waals surface area contributed by atoms with Crippen LogP contribution in [0.4, 0.5) is 0 Å². The van der Waals surface area contributed by atoms with E-state index in [0.717, 1.165) is 49.1 Å². The first kappa shape index (κ1) is 19.4. The second kappa shape index (κ2) is 8.47. The highest BCUT2D eigenvalue weighted by Gasteiger charge is 2.14. The van der Waals surface area contributed by atoms with Crippen LogP contribution in [0.5, 0.6) is 0 Å². The van der Waals surface area contributed by atoms with Crippen molar-refractivity contribution in [2.45, 2.75) is 60.7 Å². The van der Waals surface area contributed by atoms with Gasteiger partial charge in [0.15, 0.2) is 5.11 Å². The molecule has 0 bridgehead atoms. The highest BCUT2D eigenvalue weighted by molar-refractivity contribution is 7.80. The van der Waals surface area contributed by atoms with Gasteiger partial charge in [0.05, 0.1) is 11.4 Å². The van der Waals surface area contributed by atoms with E-state index in [9.17, 15) is 0 Å². The Morgan fingerprint density at radius 2 is 1.92 bits per heavy atom. The Labute approximate surface area is 156 Å². The molecule has 25 heavy (non-hydrogen) atoms. The Morgan fingerprint density at radius 1 is 1.20 bits per heavy atom. The molecule has 7 heteroatoms. The molecule has 0 amide bonds. The lowest BCUT2D eigenvalue weighted by Gasteiger charge is -2.21. The average molecular weight is 363 g/mol. The van der Waals surface area contributed by atoms with E-state index in [0.29, 0.717) is 0 Å². The summed E-state index contributed by atoms with van der Waals surface area (Å²) < 4.78 is 4.10. The monoisotopic (exact) mass is 362 g/mol. The molecule has 2 aromatic rings. The Hall–Kier alpha value is -1.89. The minimum atomic E-state index is 0.774. The molecule has 0 aliphatic heterocycles. The number of thiocarbonyl (C=S) groups is 1. The second-order valence-electron chi connectivity index (χ2n) is 6.56. The van der Waals surface area contributed by atoms with Crippen LogP contribution in [0.3, 0.4) is 0 Å². The minimum absolute atomic E-state index is 0.774. The van der Waals surface area contributed by atoms with Gasteiger partial charge >= 0.3 is 0 Å². The second-order valence-corrected chi connectivity index (χ2v) is 6.94. The van der Waals surface area contributed by atoms with Crippen LogP contribution in [-0.2, 0) is 19.6 Å². The number of hydrogen-bond donors (Lipinski definition) is 1. The summed E-state index contributed by atoms with van der Waals surface area (Å²) in [6.45, 7) is 13.8. The topological polar surface area (TPSA) is 50.9 Å². The smallest absolute Gasteiger partial charge is 0.168 e. The van der Waals surface area contributed by atoms with Gasteiger partial charge in [-0.1, -0.05) is 0 Å². The molecule has 6 nitrogen and oxygen atoms in total. The maximum absolute atomic E-state index is 5.52. The van der Waals surface area contributed by atoms with Crippen molar-refractivity contribution in [3.05, 3.63) is 34.4 Å². The lowest BCUT2D eigenvalue weighted by molar-refractivity contribution is 0.479. The zero-order valence-electron chi connectivity index (χ0n) is 16.3. The predicted molar refractivity (Wildman–Crippen MR) is 106 cm³/mol. The van der Waals surface area contributed by atoms with E-state index in [1.54, 1.807) is 0 Å². The molecular weight excluding hydrogens is 332 g/mol. The third kappa shape index (κ3) is 4.81. The predicted octanol–water partition coefficient (Wildman–Crippen LogP) is 2.73. The van der Waals surface area contributed by atoms with Gasteiger partial charge in [0.1, 0.15) is 0 Å². The van der Waals surface area contributed by atoms with Crippen molar-refractivity contribution in [3.8, 4) is 0 Å². The Bertz CT molecular complexity index is 730. The van der Waals surface area contributed by atoms with Gasteiger partial charge < -0.3 is 10.2 Å². The lowest BCUT2D eigenvalue weighted by Crippen LogP contribution is -2.37. The number of aryl methyl sites for hydroxylation is 5. The minimum Gasteiger partial charge on any atom is -0.362 e. The van der Waals surface area contributed by atoms with E-state index in [1.807, 2.05) is 18.7 Å². The summed E-state index contributed by atoms with van der Waals surface area (Å²) in [5, 5.41) is 13.2. The van der Waals surface area contributed by atoms with Crippen LogP contribution in [0.2, 0.25) is 0 Å². The summed E-state index contributed by atoms with van der Waals surface area (Å²) in [4.78, 5) is 2.08. The van der Waals surface area contributed by atoms with Gasteiger partial charge in [-0.3, -0.25) is 9.36 Å². The van der Waals surface area contributed by atoms with E-state index in [1.165, 1.54) is 17.0 Å². The van der Waals surface area contributed by atoms with Gasteiger partial charge in [-0.15, -0.1) is 0 Å². The average Bonchev–Trinajstić information content (AvgIpc) is 3.03. The third-order valence-corrected chi connectivity index (χ3v) is 4.96. The molecule has 2 aromatic heterocycles. The molecule has 0 radical (unpaired) electrons. The van der Waals surface area contributed by atoms with Gasteiger partial charge in [0, 0.05) is 50.2 Å². The molecular formula is C18H30N6S. The first-order chi connectivity index (χ1) is 11.8. The zero-order valence-corrected chi connectivity index (χ0v) is 17.1. The van der Waals surface area contributed by atoms with E-state index in [-0.39, 0.29) is 0 Å². The van der Waals surface area contributed by atoms with E-state index < -0.39 is 0 Å². The fourth-order valence-electron chi connectivity index (χ4n) is 3.04. The highest BCUT2D eigenvalue weighted by atomic mass is 32.1. The quantitative estimate of drug-likeness (QED) is 0.606. The van der Waals surface area contributed by atoms with Crippen molar-refractivity contribution < 1.29 is 0 Å². The van der Waals surface area contributed by atoms with Crippen LogP contribution < -0.4 is 5.32 Å². The summed E-state index contributed by atoms with van der Waals surface area (Å²) in [5.41, 5.74) is 5.84. The molecule has 0 atom stereocenters. The van der Waals surface area contributed by atoms with Crippen molar-refractivity contribution >= 4 is 17.3 Å². The maximum atomic E-state index is 5.52. The largest absolute Gasteiger partial charge is 0.362 e. The Morgan fingerprint density at radius 3 is 2.48 bits per heavy atom. The molecule has 0 saturated heterocycles. The third-order valence-electron chi connectivity index (χ3n) is 4.50. The van der Waals surface area contributed by atoms with Gasteiger partial charge in [-0.05, 0) is 59.3 Å². The first-order valence-corrected chi connectivity index (χ1v) is 9.27. The van der Waals surface area contributed by atoms with Crippen molar-refractivity contribution in [1.29, 1.82) is 0 Å². The molecule has 0 spiro atoms. The van der Waals surface area contributed by atoms with Crippen LogP contribution >= 0.6 is 12.2 Å². The molecule has 0 aromatic carbocycles. The highest BCUT2D eigenvalue weighted by Crippen LogP contribution is 2.15. The number of nitrogens with zero attached hydrogens (tertiary/aromatic N) is 5. The van der Waals surface area contributed by atoms with E-state index in [2.05, 4.69) is 58.9 Å². The normalized spacial score (nSPS) is 11.0. The van der Waals surface area contributed by atoms with Gasteiger partial charge in [-0.2, -0.15) is 10.2 Å². The molecule has 0 saturated carbocycles. The van der Waals surface area contributed by atoms with Crippen LogP contribution in [0.15, 0.2) is 6.07 Å². The summed E-state index contributed by atoms with van der Waals surface area (Å²) in [6.07, 6.45) is 0.988. The first-order valence-electron chi connectivity index (χ1n) is 8.86. The molecule has 0 aliphatic carbocycles. The standard InChI is InChI=1S/C18H30N6S/c1-7-23-16(5)17(15(4)21-23)12-22(6)18(25)19-9-8-10-24-14(3)11-13(2)20-24/h11H,7-10,12H2,1-6H3,(H,19,25). The maximum Gasteiger partial charge on any atom is 0.168 e. The molecule has 2 rings (SSSR count). The fourth-order valence-corrected chi connectivity index (χ4v) is 3.21. The molecule has 0 aliphatic rings. The number of rotatable bonds is 7. The van der Waals surface area contributed by atoms with Gasteiger partial charge in [0.25, 0.3) is 0 Å². The summed E-state index contributed by atoms with van der Waals surface area (Å²) in [6, 6.07) is 2.10. The van der Waals surface area contributed by atoms with Crippen LogP contribution in [0.1, 0.15) is 41.7 Å². The summed E-state index contributed by atoms with van der Waals surface area (Å²) in [7, 11) is 2.03. The Balaban J connectivity index is 1.80. The zero-order chi connectivity index (χ0) is 18.6. The fraction of sp³-hybridized carbons (Fsp3) is 0.611. The molecule has 2 heterocycles. The molecule has 0 fully saturated rings. The number of hydrogen-bond acceptors (Lipinski definition) is 3. The summed E-state index contributed by atoms with van der Waals surface area (Å²) >= 11 is 5.52. The molecule has 138 valence electrons. The van der Waals surface area contributed by atoms with Crippen LogP contribution in [-0.4, -0.2) is 43.2 Å². The molecule has 0 unspecified atom stereocenters. The van der Waals surface area contributed by atoms with Gasteiger partial charge in [0.2, 0.25) is 0 Å².